The molecular formula is C33H64O4. The molecule has 220 valence electrons. The number of unbranched alkanes of at least 4 members (excludes halogenated alkanes) is 17. The van der Waals surface area contributed by atoms with Crippen molar-refractivity contribution >= 4 is 11.9 Å². The number of carbonyl (C=O) groups is 2. The third kappa shape index (κ3) is 26.3. The number of rotatable bonds is 28. The summed E-state index contributed by atoms with van der Waals surface area (Å²) in [5, 5.41) is 0. The van der Waals surface area contributed by atoms with Gasteiger partial charge in [0.05, 0.1) is 13.2 Å². The van der Waals surface area contributed by atoms with Gasteiger partial charge >= 0.3 is 11.9 Å². The fourth-order valence-electron chi connectivity index (χ4n) is 4.89. The molecule has 0 heterocycles. The zero-order chi connectivity index (χ0) is 27.4. The van der Waals surface area contributed by atoms with Gasteiger partial charge in [0.1, 0.15) is 0 Å². The highest BCUT2D eigenvalue weighted by molar-refractivity contribution is 5.69. The predicted octanol–water partition coefficient (Wildman–Crippen LogP) is 10.4. The van der Waals surface area contributed by atoms with Gasteiger partial charge in [0.2, 0.25) is 0 Å². The van der Waals surface area contributed by atoms with Gasteiger partial charge in [-0.25, -0.2) is 0 Å². The van der Waals surface area contributed by atoms with Crippen molar-refractivity contribution in [3.63, 3.8) is 0 Å². The summed E-state index contributed by atoms with van der Waals surface area (Å²) in [5.74, 6) is 1.00. The first kappa shape index (κ1) is 35.9. The second-order valence-electron chi connectivity index (χ2n) is 11.6. The monoisotopic (exact) mass is 524 g/mol. The molecule has 1 unspecified atom stereocenters. The molecule has 0 bridgehead atoms. The molecule has 4 heteroatoms. The Balaban J connectivity index is 3.49. The fourth-order valence-corrected chi connectivity index (χ4v) is 4.89. The van der Waals surface area contributed by atoms with Crippen LogP contribution in [-0.2, 0) is 19.1 Å². The van der Waals surface area contributed by atoms with Crippen LogP contribution < -0.4 is 0 Å². The Bertz CT molecular complexity index is 503. The second-order valence-corrected chi connectivity index (χ2v) is 11.6. The summed E-state index contributed by atoms with van der Waals surface area (Å²) < 4.78 is 10.8. The average molecular weight is 525 g/mol. The van der Waals surface area contributed by atoms with Crippen LogP contribution in [0.3, 0.4) is 0 Å². The number of esters is 2. The van der Waals surface area contributed by atoms with E-state index in [0.29, 0.717) is 37.9 Å². The lowest BCUT2D eigenvalue weighted by Crippen LogP contribution is -2.17. The summed E-state index contributed by atoms with van der Waals surface area (Å²) in [6.07, 6.45) is 26.8. The average Bonchev–Trinajstić information content (AvgIpc) is 2.87. The van der Waals surface area contributed by atoms with E-state index in [2.05, 4.69) is 27.7 Å². The molecule has 1 atom stereocenters. The van der Waals surface area contributed by atoms with Crippen LogP contribution in [0.25, 0.3) is 0 Å². The minimum atomic E-state index is -0.00750. The molecule has 0 aromatic heterocycles. The van der Waals surface area contributed by atoms with Gasteiger partial charge in [0.15, 0.2) is 0 Å². The van der Waals surface area contributed by atoms with Crippen LogP contribution in [0.15, 0.2) is 0 Å². The minimum absolute atomic E-state index is 0.00544. The molecule has 0 N–H and O–H groups in total. The van der Waals surface area contributed by atoms with E-state index in [0.717, 1.165) is 38.5 Å². The van der Waals surface area contributed by atoms with E-state index in [1.807, 2.05) is 0 Å². The van der Waals surface area contributed by atoms with Crippen molar-refractivity contribution in [2.75, 3.05) is 13.2 Å². The van der Waals surface area contributed by atoms with Crippen LogP contribution in [0.2, 0.25) is 0 Å². The molecule has 0 aromatic rings. The molecule has 0 amide bonds. The lowest BCUT2D eigenvalue weighted by atomic mass is 9.87. The lowest BCUT2D eigenvalue weighted by molar-refractivity contribution is -0.145. The van der Waals surface area contributed by atoms with E-state index in [1.54, 1.807) is 0 Å². The van der Waals surface area contributed by atoms with Crippen LogP contribution >= 0.6 is 0 Å². The van der Waals surface area contributed by atoms with Gasteiger partial charge in [-0.2, -0.15) is 0 Å². The second kappa shape index (κ2) is 28.0. The molecule has 0 aliphatic heterocycles. The topological polar surface area (TPSA) is 52.6 Å². The maximum atomic E-state index is 12.2. The number of ether oxygens (including phenoxy) is 2. The third-order valence-electron chi connectivity index (χ3n) is 7.60. The summed E-state index contributed by atoms with van der Waals surface area (Å²) >= 11 is 0. The molecule has 0 saturated carbocycles. The van der Waals surface area contributed by atoms with E-state index >= 15 is 0 Å². The van der Waals surface area contributed by atoms with Crippen LogP contribution in [0, 0.1) is 11.8 Å². The first-order chi connectivity index (χ1) is 18.0. The van der Waals surface area contributed by atoms with Crippen molar-refractivity contribution in [3.05, 3.63) is 0 Å². The Hall–Kier alpha value is -1.06. The van der Waals surface area contributed by atoms with Crippen LogP contribution in [0.5, 0.6) is 0 Å². The quantitative estimate of drug-likeness (QED) is 0.0754. The SMILES string of the molecule is CCCCCCOC(=O)CCCCCCCCCCCCCCC(CC(=O)OCCCCCC)C(C)C. The molecule has 0 aromatic carbocycles. The van der Waals surface area contributed by atoms with Gasteiger partial charge < -0.3 is 9.47 Å². The molecule has 0 rings (SSSR count). The molecule has 0 aliphatic rings. The van der Waals surface area contributed by atoms with E-state index in [9.17, 15) is 9.59 Å². The third-order valence-corrected chi connectivity index (χ3v) is 7.60. The molecule has 37 heavy (non-hydrogen) atoms. The Labute approximate surface area is 231 Å². The number of carbonyl (C=O) groups excluding carboxylic acids is 2. The number of hydrogen-bond donors (Lipinski definition) is 0. The van der Waals surface area contributed by atoms with Crippen LogP contribution in [0.1, 0.15) is 175 Å². The Morgan fingerprint density at radius 2 is 0.919 bits per heavy atom. The highest BCUT2D eigenvalue weighted by atomic mass is 16.5. The first-order valence-corrected chi connectivity index (χ1v) is 16.3. The van der Waals surface area contributed by atoms with Gasteiger partial charge in [-0.3, -0.25) is 9.59 Å². The standard InChI is InChI=1S/C33H64O4/c1-5-7-9-23-27-36-32(34)26-22-20-18-16-14-12-11-13-15-17-19-21-25-31(30(3)4)29-33(35)37-28-24-10-8-6-2/h30-31H,5-29H2,1-4H3. The van der Waals surface area contributed by atoms with Gasteiger partial charge in [-0.15, -0.1) is 0 Å². The van der Waals surface area contributed by atoms with Gasteiger partial charge in [-0.1, -0.05) is 137 Å². The van der Waals surface area contributed by atoms with Crippen LogP contribution in [0.4, 0.5) is 0 Å². The molecule has 0 fully saturated rings. The molecule has 0 aliphatic carbocycles. The Kier molecular flexibility index (Phi) is 27.2. The normalized spacial score (nSPS) is 12.1. The lowest BCUT2D eigenvalue weighted by Gasteiger charge is -2.20. The van der Waals surface area contributed by atoms with Gasteiger partial charge in [0.25, 0.3) is 0 Å². The molecular weight excluding hydrogens is 460 g/mol. The Morgan fingerprint density at radius 1 is 0.514 bits per heavy atom. The molecule has 0 radical (unpaired) electrons. The summed E-state index contributed by atoms with van der Waals surface area (Å²) in [6, 6.07) is 0. The van der Waals surface area contributed by atoms with E-state index in [4.69, 9.17) is 9.47 Å². The zero-order valence-corrected chi connectivity index (χ0v) is 25.5. The molecule has 0 spiro atoms. The van der Waals surface area contributed by atoms with E-state index in [-0.39, 0.29) is 11.9 Å². The van der Waals surface area contributed by atoms with Crippen molar-refractivity contribution in [1.29, 1.82) is 0 Å². The highest BCUT2D eigenvalue weighted by Crippen LogP contribution is 2.23. The smallest absolute Gasteiger partial charge is 0.306 e. The van der Waals surface area contributed by atoms with E-state index in [1.165, 1.54) is 96.3 Å². The largest absolute Gasteiger partial charge is 0.466 e. The van der Waals surface area contributed by atoms with Crippen molar-refractivity contribution in [2.24, 2.45) is 11.8 Å². The molecule has 0 saturated heterocycles. The minimum Gasteiger partial charge on any atom is -0.466 e. The molecule has 4 nitrogen and oxygen atoms in total. The maximum Gasteiger partial charge on any atom is 0.306 e. The zero-order valence-electron chi connectivity index (χ0n) is 25.5. The summed E-state index contributed by atoms with van der Waals surface area (Å²) in [4.78, 5) is 23.9. The highest BCUT2D eigenvalue weighted by Gasteiger charge is 2.18. The summed E-state index contributed by atoms with van der Waals surface area (Å²) in [6.45, 7) is 10.1. The van der Waals surface area contributed by atoms with Gasteiger partial charge in [-0.05, 0) is 37.5 Å². The fraction of sp³-hybridized carbons (Fsp3) is 0.939. The van der Waals surface area contributed by atoms with E-state index < -0.39 is 0 Å². The van der Waals surface area contributed by atoms with Crippen molar-refractivity contribution in [1.82, 2.24) is 0 Å². The van der Waals surface area contributed by atoms with Crippen molar-refractivity contribution in [2.45, 2.75) is 175 Å². The predicted molar refractivity (Wildman–Crippen MR) is 158 cm³/mol. The van der Waals surface area contributed by atoms with Gasteiger partial charge in [0, 0.05) is 12.8 Å². The van der Waals surface area contributed by atoms with Crippen LogP contribution in [-0.4, -0.2) is 25.2 Å². The summed E-state index contributed by atoms with van der Waals surface area (Å²) in [5.41, 5.74) is 0. The van der Waals surface area contributed by atoms with Crippen molar-refractivity contribution in [3.8, 4) is 0 Å². The van der Waals surface area contributed by atoms with Crippen molar-refractivity contribution < 1.29 is 19.1 Å². The first-order valence-electron chi connectivity index (χ1n) is 16.3. The summed E-state index contributed by atoms with van der Waals surface area (Å²) in [7, 11) is 0. The number of hydrogen-bond acceptors (Lipinski definition) is 4. The maximum absolute atomic E-state index is 12.2. The Morgan fingerprint density at radius 3 is 1.38 bits per heavy atom.